The van der Waals surface area contributed by atoms with E-state index in [0.717, 1.165) is 5.56 Å². The molecule has 0 saturated heterocycles. The predicted molar refractivity (Wildman–Crippen MR) is 81.7 cm³/mol. The highest BCUT2D eigenvalue weighted by Gasteiger charge is 2.10. The molecule has 3 nitrogen and oxygen atoms in total. The lowest BCUT2D eigenvalue weighted by Crippen LogP contribution is -2.25. The SMILES string of the molecule is CC(OCC(O)CNc1ccccc1F)c1ccccc1. The van der Waals surface area contributed by atoms with Crippen LogP contribution in [0.3, 0.4) is 0 Å². The zero-order valence-corrected chi connectivity index (χ0v) is 12.0. The van der Waals surface area contributed by atoms with Crippen molar-refractivity contribution in [2.75, 3.05) is 18.5 Å². The van der Waals surface area contributed by atoms with Crippen LogP contribution in [0.25, 0.3) is 0 Å². The summed E-state index contributed by atoms with van der Waals surface area (Å²) in [5.74, 6) is -0.330. The largest absolute Gasteiger partial charge is 0.389 e. The van der Waals surface area contributed by atoms with E-state index in [0.29, 0.717) is 5.69 Å². The molecule has 2 rings (SSSR count). The Labute approximate surface area is 124 Å². The van der Waals surface area contributed by atoms with E-state index in [-0.39, 0.29) is 25.1 Å². The van der Waals surface area contributed by atoms with Crippen molar-refractivity contribution in [1.29, 1.82) is 0 Å². The van der Waals surface area contributed by atoms with Crippen molar-refractivity contribution in [2.45, 2.75) is 19.1 Å². The Morgan fingerprint density at radius 2 is 1.76 bits per heavy atom. The maximum absolute atomic E-state index is 13.4. The Morgan fingerprint density at radius 1 is 1.10 bits per heavy atom. The number of hydrogen-bond acceptors (Lipinski definition) is 3. The molecular weight excluding hydrogens is 269 g/mol. The van der Waals surface area contributed by atoms with E-state index in [4.69, 9.17) is 4.74 Å². The number of ether oxygens (including phenoxy) is 1. The van der Waals surface area contributed by atoms with Crippen molar-refractivity contribution in [3.8, 4) is 0 Å². The second kappa shape index (κ2) is 7.76. The van der Waals surface area contributed by atoms with Crippen molar-refractivity contribution < 1.29 is 14.2 Å². The van der Waals surface area contributed by atoms with Crippen molar-refractivity contribution >= 4 is 5.69 Å². The predicted octanol–water partition coefficient (Wildman–Crippen LogP) is 3.38. The number of aliphatic hydroxyl groups is 1. The smallest absolute Gasteiger partial charge is 0.146 e. The molecule has 21 heavy (non-hydrogen) atoms. The van der Waals surface area contributed by atoms with E-state index in [1.807, 2.05) is 37.3 Å². The van der Waals surface area contributed by atoms with Crippen molar-refractivity contribution in [1.82, 2.24) is 0 Å². The van der Waals surface area contributed by atoms with Crippen LogP contribution in [0.5, 0.6) is 0 Å². The monoisotopic (exact) mass is 289 g/mol. The quantitative estimate of drug-likeness (QED) is 0.821. The summed E-state index contributed by atoms with van der Waals surface area (Å²) in [5.41, 5.74) is 1.44. The minimum Gasteiger partial charge on any atom is -0.389 e. The van der Waals surface area contributed by atoms with Gasteiger partial charge < -0.3 is 15.2 Å². The minimum absolute atomic E-state index is 0.0886. The van der Waals surface area contributed by atoms with E-state index >= 15 is 0 Å². The molecule has 0 spiro atoms. The third kappa shape index (κ3) is 4.85. The van der Waals surface area contributed by atoms with E-state index in [1.165, 1.54) is 6.07 Å². The molecule has 2 atom stereocenters. The second-order valence-corrected chi connectivity index (χ2v) is 4.90. The number of hydrogen-bond donors (Lipinski definition) is 2. The lowest BCUT2D eigenvalue weighted by atomic mass is 10.1. The van der Waals surface area contributed by atoms with Gasteiger partial charge in [0.15, 0.2) is 0 Å². The molecule has 0 aromatic heterocycles. The van der Waals surface area contributed by atoms with Gasteiger partial charge in [0, 0.05) is 6.54 Å². The summed E-state index contributed by atoms with van der Waals surface area (Å²) in [7, 11) is 0. The van der Waals surface area contributed by atoms with E-state index < -0.39 is 6.10 Å². The number of halogens is 1. The average molecular weight is 289 g/mol. The fourth-order valence-electron chi connectivity index (χ4n) is 1.97. The van der Waals surface area contributed by atoms with Gasteiger partial charge in [0.2, 0.25) is 0 Å². The Hall–Kier alpha value is -1.91. The lowest BCUT2D eigenvalue weighted by molar-refractivity contribution is 0.00241. The number of aliphatic hydroxyl groups excluding tert-OH is 1. The molecule has 0 amide bonds. The summed E-state index contributed by atoms with van der Waals surface area (Å²) in [6.07, 6.45) is -0.787. The molecule has 0 aliphatic carbocycles. The molecule has 0 aliphatic rings. The molecule has 0 radical (unpaired) electrons. The van der Waals surface area contributed by atoms with Crippen LogP contribution >= 0.6 is 0 Å². The molecule has 0 aliphatic heterocycles. The third-order valence-corrected chi connectivity index (χ3v) is 3.21. The molecule has 0 heterocycles. The van der Waals surface area contributed by atoms with Crippen LogP contribution in [-0.2, 0) is 4.74 Å². The van der Waals surface area contributed by atoms with Gasteiger partial charge in [-0.15, -0.1) is 0 Å². The van der Waals surface area contributed by atoms with Gasteiger partial charge in [-0.25, -0.2) is 4.39 Å². The summed E-state index contributed by atoms with van der Waals surface area (Å²) in [6, 6.07) is 16.2. The Morgan fingerprint density at radius 3 is 2.48 bits per heavy atom. The highest BCUT2D eigenvalue weighted by molar-refractivity contribution is 5.44. The molecule has 4 heteroatoms. The van der Waals surface area contributed by atoms with Crippen LogP contribution < -0.4 is 5.32 Å². The summed E-state index contributed by atoms with van der Waals surface area (Å²) in [4.78, 5) is 0. The van der Waals surface area contributed by atoms with Crippen molar-refractivity contribution in [3.63, 3.8) is 0 Å². The van der Waals surface area contributed by atoms with Crippen molar-refractivity contribution in [2.24, 2.45) is 0 Å². The third-order valence-electron chi connectivity index (χ3n) is 3.21. The molecule has 0 saturated carbocycles. The van der Waals surface area contributed by atoms with Gasteiger partial charge in [-0.2, -0.15) is 0 Å². The van der Waals surface area contributed by atoms with Crippen LogP contribution in [0, 0.1) is 5.82 Å². The van der Waals surface area contributed by atoms with Crippen LogP contribution in [0.1, 0.15) is 18.6 Å². The molecule has 2 N–H and O–H groups in total. The number of nitrogens with one attached hydrogen (secondary N) is 1. The van der Waals surface area contributed by atoms with E-state index in [2.05, 4.69) is 5.32 Å². The highest BCUT2D eigenvalue weighted by Crippen LogP contribution is 2.16. The molecule has 0 bridgehead atoms. The van der Waals surface area contributed by atoms with Gasteiger partial charge in [-0.3, -0.25) is 0 Å². The van der Waals surface area contributed by atoms with Gasteiger partial charge >= 0.3 is 0 Å². The van der Waals surface area contributed by atoms with Gasteiger partial charge in [-0.1, -0.05) is 42.5 Å². The van der Waals surface area contributed by atoms with E-state index in [1.54, 1.807) is 18.2 Å². The zero-order chi connectivity index (χ0) is 15.1. The first kappa shape index (κ1) is 15.5. The maximum atomic E-state index is 13.4. The van der Waals surface area contributed by atoms with Gasteiger partial charge in [0.05, 0.1) is 24.5 Å². The summed E-state index contributed by atoms with van der Waals surface area (Å²) in [6.45, 7) is 2.37. The summed E-state index contributed by atoms with van der Waals surface area (Å²) in [5, 5.41) is 12.8. The molecule has 0 fully saturated rings. The number of benzene rings is 2. The molecule has 2 aromatic rings. The summed E-state index contributed by atoms with van der Waals surface area (Å²) < 4.78 is 19.0. The zero-order valence-electron chi connectivity index (χ0n) is 12.0. The fraction of sp³-hybridized carbons (Fsp3) is 0.294. The van der Waals surface area contributed by atoms with E-state index in [9.17, 15) is 9.50 Å². The standard InChI is InChI=1S/C17H20FNO2/c1-13(14-7-3-2-4-8-14)21-12-15(20)11-19-17-10-6-5-9-16(17)18/h2-10,13,15,19-20H,11-12H2,1H3. The second-order valence-electron chi connectivity index (χ2n) is 4.90. The highest BCUT2D eigenvalue weighted by atomic mass is 19.1. The molecule has 2 unspecified atom stereocenters. The fourth-order valence-corrected chi connectivity index (χ4v) is 1.97. The van der Waals surface area contributed by atoms with Crippen LogP contribution in [-0.4, -0.2) is 24.4 Å². The Bertz CT molecular complexity index is 547. The first-order valence-corrected chi connectivity index (χ1v) is 7.00. The first-order valence-electron chi connectivity index (χ1n) is 7.00. The number of anilines is 1. The molecule has 112 valence electrons. The first-order chi connectivity index (χ1) is 10.2. The topological polar surface area (TPSA) is 41.5 Å². The normalized spacial score (nSPS) is 13.7. The average Bonchev–Trinajstić information content (AvgIpc) is 2.52. The maximum Gasteiger partial charge on any atom is 0.146 e. The molecule has 2 aromatic carbocycles. The Balaban J connectivity index is 1.75. The van der Waals surface area contributed by atoms with Gasteiger partial charge in [-0.05, 0) is 24.6 Å². The molecular formula is C17H20FNO2. The Kier molecular flexibility index (Phi) is 5.72. The van der Waals surface area contributed by atoms with Crippen LogP contribution in [0.4, 0.5) is 10.1 Å². The number of rotatable bonds is 7. The number of para-hydroxylation sites is 1. The van der Waals surface area contributed by atoms with Crippen LogP contribution in [0.2, 0.25) is 0 Å². The van der Waals surface area contributed by atoms with Gasteiger partial charge in [0.25, 0.3) is 0 Å². The van der Waals surface area contributed by atoms with Gasteiger partial charge in [0.1, 0.15) is 5.82 Å². The minimum atomic E-state index is -0.698. The van der Waals surface area contributed by atoms with Crippen LogP contribution in [0.15, 0.2) is 54.6 Å². The lowest BCUT2D eigenvalue weighted by Gasteiger charge is -2.17. The van der Waals surface area contributed by atoms with Crippen molar-refractivity contribution in [3.05, 3.63) is 66.0 Å². The summed E-state index contributed by atoms with van der Waals surface area (Å²) >= 11 is 0.